The van der Waals surface area contributed by atoms with Gasteiger partial charge in [0.1, 0.15) is 12.1 Å². The Hall–Kier alpha value is -3.12. The fourth-order valence-corrected chi connectivity index (χ4v) is 2.40. The van der Waals surface area contributed by atoms with Gasteiger partial charge >= 0.3 is 6.03 Å². The predicted octanol–water partition coefficient (Wildman–Crippen LogP) is 4.83. The Bertz CT molecular complexity index is 900. The normalized spacial score (nSPS) is 10.2. The van der Waals surface area contributed by atoms with Crippen molar-refractivity contribution in [2.24, 2.45) is 0 Å². The van der Waals surface area contributed by atoms with Gasteiger partial charge in [-0.3, -0.25) is 0 Å². The van der Waals surface area contributed by atoms with E-state index < -0.39 is 0 Å². The number of hydrogen-bond donors (Lipinski definition) is 3. The molecule has 3 aromatic rings. The molecule has 6 nitrogen and oxygen atoms in total. The molecule has 0 spiro atoms. The van der Waals surface area contributed by atoms with Crippen LogP contribution in [0.3, 0.4) is 0 Å². The summed E-state index contributed by atoms with van der Waals surface area (Å²) in [7, 11) is 0. The van der Waals surface area contributed by atoms with Crippen LogP contribution in [0.25, 0.3) is 0 Å². The van der Waals surface area contributed by atoms with Gasteiger partial charge in [0, 0.05) is 33.8 Å². The molecule has 3 rings (SSSR count). The summed E-state index contributed by atoms with van der Waals surface area (Å²) >= 11 is 5.91. The van der Waals surface area contributed by atoms with Gasteiger partial charge in [0.05, 0.1) is 0 Å². The number of urea groups is 1. The fraction of sp³-hybridized carbons (Fsp3) is 0.0556. The molecule has 7 heteroatoms. The second kappa shape index (κ2) is 7.63. The van der Waals surface area contributed by atoms with Gasteiger partial charge in [-0.05, 0) is 43.3 Å². The summed E-state index contributed by atoms with van der Waals surface area (Å²) in [6.07, 6.45) is 1.50. The second-order valence-electron chi connectivity index (χ2n) is 5.34. The summed E-state index contributed by atoms with van der Waals surface area (Å²) in [5.41, 5.74) is 2.94. The Kier molecular flexibility index (Phi) is 5.11. The standard InChI is InChI=1S/C18H16ClN5O/c1-12-8-17(21-11-20-12)22-15-6-3-7-16(10-15)24-18(25)23-14-5-2-4-13(19)9-14/h2-11H,1H3,(H,20,21,22)(H2,23,24,25). The van der Waals surface area contributed by atoms with Gasteiger partial charge in [-0.15, -0.1) is 0 Å². The number of nitrogens with one attached hydrogen (secondary N) is 3. The van der Waals surface area contributed by atoms with E-state index in [1.165, 1.54) is 6.33 Å². The van der Waals surface area contributed by atoms with Gasteiger partial charge in [0.25, 0.3) is 0 Å². The van der Waals surface area contributed by atoms with Gasteiger partial charge in [0.15, 0.2) is 0 Å². The van der Waals surface area contributed by atoms with Crippen molar-refractivity contribution in [3.8, 4) is 0 Å². The van der Waals surface area contributed by atoms with E-state index in [9.17, 15) is 4.79 Å². The van der Waals surface area contributed by atoms with Crippen molar-refractivity contribution >= 4 is 40.5 Å². The van der Waals surface area contributed by atoms with Crippen LogP contribution in [-0.2, 0) is 0 Å². The van der Waals surface area contributed by atoms with Crippen molar-refractivity contribution in [1.29, 1.82) is 0 Å². The Morgan fingerprint density at radius 2 is 1.60 bits per heavy atom. The quantitative estimate of drug-likeness (QED) is 0.628. The SMILES string of the molecule is Cc1cc(Nc2cccc(NC(=O)Nc3cccc(Cl)c3)c2)ncn1. The lowest BCUT2D eigenvalue weighted by Crippen LogP contribution is -2.19. The fourth-order valence-electron chi connectivity index (χ4n) is 2.21. The van der Waals surface area contributed by atoms with Crippen LogP contribution in [0.5, 0.6) is 0 Å². The molecule has 1 heterocycles. The molecule has 0 radical (unpaired) electrons. The first-order valence-electron chi connectivity index (χ1n) is 7.58. The summed E-state index contributed by atoms with van der Waals surface area (Å²) in [5, 5.41) is 9.25. The van der Waals surface area contributed by atoms with E-state index in [0.29, 0.717) is 22.2 Å². The van der Waals surface area contributed by atoms with Crippen LogP contribution < -0.4 is 16.0 Å². The predicted molar refractivity (Wildman–Crippen MR) is 101 cm³/mol. The maximum Gasteiger partial charge on any atom is 0.323 e. The third-order valence-electron chi connectivity index (χ3n) is 3.28. The highest BCUT2D eigenvalue weighted by Crippen LogP contribution is 2.20. The Labute approximate surface area is 150 Å². The number of carbonyl (C=O) groups is 1. The number of hydrogen-bond acceptors (Lipinski definition) is 4. The van der Waals surface area contributed by atoms with Crippen molar-refractivity contribution in [2.75, 3.05) is 16.0 Å². The molecule has 0 unspecified atom stereocenters. The molecular formula is C18H16ClN5O. The van der Waals surface area contributed by atoms with Gasteiger partial charge in [-0.25, -0.2) is 14.8 Å². The molecule has 0 aliphatic heterocycles. The number of rotatable bonds is 4. The zero-order chi connectivity index (χ0) is 17.6. The van der Waals surface area contributed by atoms with Crippen molar-refractivity contribution < 1.29 is 4.79 Å². The molecule has 0 atom stereocenters. The molecule has 0 aliphatic rings. The van der Waals surface area contributed by atoms with E-state index in [1.807, 2.05) is 31.2 Å². The van der Waals surface area contributed by atoms with E-state index in [1.54, 1.807) is 30.3 Å². The minimum atomic E-state index is -0.350. The van der Waals surface area contributed by atoms with Gasteiger partial charge in [-0.2, -0.15) is 0 Å². The number of aromatic nitrogens is 2. The third kappa shape index (κ3) is 4.92. The van der Waals surface area contributed by atoms with Crippen molar-refractivity contribution in [2.45, 2.75) is 6.92 Å². The third-order valence-corrected chi connectivity index (χ3v) is 3.51. The Balaban J connectivity index is 1.66. The molecule has 0 saturated heterocycles. The lowest BCUT2D eigenvalue weighted by molar-refractivity contribution is 0.262. The van der Waals surface area contributed by atoms with Crippen molar-refractivity contribution in [1.82, 2.24) is 9.97 Å². The van der Waals surface area contributed by atoms with E-state index in [4.69, 9.17) is 11.6 Å². The van der Waals surface area contributed by atoms with Gasteiger partial charge < -0.3 is 16.0 Å². The number of benzene rings is 2. The van der Waals surface area contributed by atoms with Crippen LogP contribution in [0.2, 0.25) is 5.02 Å². The molecule has 2 amide bonds. The lowest BCUT2D eigenvalue weighted by atomic mass is 10.2. The molecular weight excluding hydrogens is 338 g/mol. The molecule has 2 aromatic carbocycles. The van der Waals surface area contributed by atoms with Crippen LogP contribution >= 0.6 is 11.6 Å². The van der Waals surface area contributed by atoms with Crippen LogP contribution in [0.15, 0.2) is 60.9 Å². The van der Waals surface area contributed by atoms with Crippen molar-refractivity contribution in [3.63, 3.8) is 0 Å². The number of carbonyl (C=O) groups excluding carboxylic acids is 1. The average molecular weight is 354 g/mol. The van der Waals surface area contributed by atoms with Crippen molar-refractivity contribution in [3.05, 3.63) is 71.6 Å². The largest absolute Gasteiger partial charge is 0.340 e. The van der Waals surface area contributed by atoms with Crippen LogP contribution in [0.1, 0.15) is 5.69 Å². The highest BCUT2D eigenvalue weighted by atomic mass is 35.5. The molecule has 0 bridgehead atoms. The van der Waals surface area contributed by atoms with Crippen LogP contribution in [0, 0.1) is 6.92 Å². The summed E-state index contributed by atoms with van der Waals surface area (Å²) in [6.45, 7) is 1.89. The topological polar surface area (TPSA) is 78.9 Å². The monoisotopic (exact) mass is 353 g/mol. The van der Waals surface area contributed by atoms with Crippen LogP contribution in [0.4, 0.5) is 27.7 Å². The highest BCUT2D eigenvalue weighted by molar-refractivity contribution is 6.30. The summed E-state index contributed by atoms with van der Waals surface area (Å²) in [4.78, 5) is 20.3. The first-order valence-corrected chi connectivity index (χ1v) is 7.95. The maximum atomic E-state index is 12.1. The molecule has 126 valence electrons. The number of amides is 2. The minimum Gasteiger partial charge on any atom is -0.340 e. The summed E-state index contributed by atoms with van der Waals surface area (Å²) in [5.74, 6) is 0.688. The summed E-state index contributed by atoms with van der Waals surface area (Å²) in [6, 6.07) is 15.8. The van der Waals surface area contributed by atoms with Gasteiger partial charge in [-0.1, -0.05) is 23.7 Å². The van der Waals surface area contributed by atoms with E-state index in [2.05, 4.69) is 25.9 Å². The lowest BCUT2D eigenvalue weighted by Gasteiger charge is -2.10. The first-order chi connectivity index (χ1) is 12.1. The molecule has 3 N–H and O–H groups in total. The Morgan fingerprint density at radius 1 is 0.920 bits per heavy atom. The molecule has 0 saturated carbocycles. The highest BCUT2D eigenvalue weighted by Gasteiger charge is 2.04. The number of halogens is 1. The number of anilines is 4. The summed E-state index contributed by atoms with van der Waals surface area (Å²) < 4.78 is 0. The zero-order valence-electron chi connectivity index (χ0n) is 13.5. The molecule has 25 heavy (non-hydrogen) atoms. The number of aryl methyl sites for hydroxylation is 1. The van der Waals surface area contributed by atoms with Crippen LogP contribution in [-0.4, -0.2) is 16.0 Å². The minimum absolute atomic E-state index is 0.350. The van der Waals surface area contributed by atoms with E-state index in [-0.39, 0.29) is 6.03 Å². The number of nitrogens with zero attached hydrogens (tertiary/aromatic N) is 2. The van der Waals surface area contributed by atoms with Gasteiger partial charge in [0.2, 0.25) is 0 Å². The molecule has 0 fully saturated rings. The molecule has 1 aromatic heterocycles. The van der Waals surface area contributed by atoms with E-state index in [0.717, 1.165) is 11.4 Å². The smallest absolute Gasteiger partial charge is 0.323 e. The molecule has 0 aliphatic carbocycles. The average Bonchev–Trinajstić information content (AvgIpc) is 2.55. The zero-order valence-corrected chi connectivity index (χ0v) is 14.2. The second-order valence-corrected chi connectivity index (χ2v) is 5.78. The first kappa shape index (κ1) is 16.7. The maximum absolute atomic E-state index is 12.1. The Morgan fingerprint density at radius 3 is 2.32 bits per heavy atom. The van der Waals surface area contributed by atoms with E-state index >= 15 is 0 Å².